The lowest BCUT2D eigenvalue weighted by Crippen LogP contribution is -2.09. The standard InChI is InChI=1S/C19H16ClN3O3S/c1-23-13-21-12-19(23)27(25,26)17-8-6-16(7-9-17)22-18(24)10-5-14-3-2-4-15(20)11-14/h2-13H,1H3,(H,22,24). The Kier molecular flexibility index (Phi) is 5.43. The Morgan fingerprint density at radius 3 is 2.56 bits per heavy atom. The number of halogens is 1. The van der Waals surface area contributed by atoms with E-state index in [4.69, 9.17) is 11.6 Å². The van der Waals surface area contributed by atoms with Crippen molar-refractivity contribution in [1.29, 1.82) is 0 Å². The lowest BCUT2D eigenvalue weighted by molar-refractivity contribution is -0.111. The van der Waals surface area contributed by atoms with Gasteiger partial charge in [-0.2, -0.15) is 0 Å². The summed E-state index contributed by atoms with van der Waals surface area (Å²) in [5, 5.41) is 3.37. The molecule has 0 fully saturated rings. The Morgan fingerprint density at radius 2 is 1.93 bits per heavy atom. The lowest BCUT2D eigenvalue weighted by Gasteiger charge is -2.07. The number of anilines is 1. The summed E-state index contributed by atoms with van der Waals surface area (Å²) < 4.78 is 26.6. The zero-order valence-corrected chi connectivity index (χ0v) is 15.9. The molecule has 0 saturated carbocycles. The van der Waals surface area contributed by atoms with E-state index in [9.17, 15) is 13.2 Å². The van der Waals surface area contributed by atoms with Crippen LogP contribution >= 0.6 is 11.6 Å². The molecule has 2 aromatic carbocycles. The number of nitrogens with zero attached hydrogens (tertiary/aromatic N) is 2. The van der Waals surface area contributed by atoms with E-state index in [1.54, 1.807) is 31.3 Å². The van der Waals surface area contributed by atoms with E-state index in [0.29, 0.717) is 10.7 Å². The second kappa shape index (κ2) is 7.77. The number of aromatic nitrogens is 2. The maximum Gasteiger partial charge on any atom is 0.248 e. The van der Waals surface area contributed by atoms with Crippen molar-refractivity contribution in [3.63, 3.8) is 0 Å². The van der Waals surface area contributed by atoms with Gasteiger partial charge in [0, 0.05) is 23.8 Å². The summed E-state index contributed by atoms with van der Waals surface area (Å²) in [6, 6.07) is 13.1. The summed E-state index contributed by atoms with van der Waals surface area (Å²) in [6.45, 7) is 0. The number of hydrogen-bond donors (Lipinski definition) is 1. The molecule has 0 atom stereocenters. The third-order valence-corrected chi connectivity index (χ3v) is 5.83. The molecule has 0 bridgehead atoms. The third kappa shape index (κ3) is 4.45. The number of imidazole rings is 1. The van der Waals surface area contributed by atoms with Gasteiger partial charge in [-0.15, -0.1) is 0 Å². The van der Waals surface area contributed by atoms with Gasteiger partial charge in [0.1, 0.15) is 0 Å². The minimum absolute atomic E-state index is 0.101. The number of nitrogens with one attached hydrogen (secondary N) is 1. The molecule has 0 aliphatic rings. The number of rotatable bonds is 5. The van der Waals surface area contributed by atoms with Crippen molar-refractivity contribution in [2.45, 2.75) is 9.92 Å². The first-order chi connectivity index (χ1) is 12.9. The Balaban J connectivity index is 1.71. The largest absolute Gasteiger partial charge is 0.325 e. The minimum Gasteiger partial charge on any atom is -0.325 e. The van der Waals surface area contributed by atoms with E-state index in [1.807, 2.05) is 6.07 Å². The summed E-state index contributed by atoms with van der Waals surface area (Å²) in [5.74, 6) is -0.336. The van der Waals surface area contributed by atoms with Gasteiger partial charge in [-0.3, -0.25) is 4.79 Å². The highest BCUT2D eigenvalue weighted by atomic mass is 35.5. The highest BCUT2D eigenvalue weighted by Crippen LogP contribution is 2.21. The Hall–Kier alpha value is -2.90. The SMILES string of the molecule is Cn1cncc1S(=O)(=O)c1ccc(NC(=O)C=Cc2cccc(Cl)c2)cc1. The summed E-state index contributed by atoms with van der Waals surface area (Å²) in [7, 11) is -2.05. The molecule has 1 N–H and O–H groups in total. The molecular weight excluding hydrogens is 386 g/mol. The number of carbonyl (C=O) groups excluding carboxylic acids is 1. The first kappa shape index (κ1) is 18.9. The summed E-state index contributed by atoms with van der Waals surface area (Å²) in [5.41, 5.74) is 1.29. The van der Waals surface area contributed by atoms with Crippen molar-refractivity contribution in [2.24, 2.45) is 7.05 Å². The molecule has 0 saturated heterocycles. The summed E-state index contributed by atoms with van der Waals surface area (Å²) in [6.07, 6.45) is 5.74. The second-order valence-electron chi connectivity index (χ2n) is 5.75. The number of benzene rings is 2. The number of amides is 1. The van der Waals surface area contributed by atoms with E-state index in [0.717, 1.165) is 5.56 Å². The number of carbonyl (C=O) groups is 1. The molecule has 27 heavy (non-hydrogen) atoms. The van der Waals surface area contributed by atoms with Gasteiger partial charge in [0.05, 0.1) is 17.4 Å². The fourth-order valence-electron chi connectivity index (χ4n) is 2.41. The Labute approximate surface area is 162 Å². The molecule has 1 aromatic heterocycles. The van der Waals surface area contributed by atoms with Crippen LogP contribution in [0.2, 0.25) is 5.02 Å². The first-order valence-corrected chi connectivity index (χ1v) is 9.78. The number of sulfone groups is 1. The molecule has 3 rings (SSSR count). The van der Waals surface area contributed by atoms with Gasteiger partial charge >= 0.3 is 0 Å². The van der Waals surface area contributed by atoms with Gasteiger partial charge in [-0.1, -0.05) is 23.7 Å². The summed E-state index contributed by atoms with van der Waals surface area (Å²) in [4.78, 5) is 16.0. The van der Waals surface area contributed by atoms with E-state index in [2.05, 4.69) is 10.3 Å². The van der Waals surface area contributed by atoms with Crippen LogP contribution in [-0.2, 0) is 21.7 Å². The van der Waals surface area contributed by atoms with Gasteiger partial charge in [0.25, 0.3) is 0 Å². The zero-order valence-electron chi connectivity index (χ0n) is 14.3. The molecule has 8 heteroatoms. The highest BCUT2D eigenvalue weighted by Gasteiger charge is 2.20. The Bertz CT molecular complexity index is 1100. The van der Waals surface area contributed by atoms with Crippen molar-refractivity contribution < 1.29 is 13.2 Å². The fraction of sp³-hybridized carbons (Fsp3) is 0.0526. The molecule has 0 aliphatic heterocycles. The van der Waals surface area contributed by atoms with Crippen molar-refractivity contribution in [1.82, 2.24) is 9.55 Å². The molecule has 0 unspecified atom stereocenters. The van der Waals surface area contributed by atoms with Crippen LogP contribution in [0.15, 0.2) is 77.1 Å². The maximum atomic E-state index is 12.6. The average molecular weight is 402 g/mol. The van der Waals surface area contributed by atoms with Gasteiger partial charge < -0.3 is 9.88 Å². The number of aryl methyl sites for hydroxylation is 1. The molecule has 3 aromatic rings. The monoisotopic (exact) mass is 401 g/mol. The molecule has 138 valence electrons. The molecule has 0 aliphatic carbocycles. The maximum absolute atomic E-state index is 12.6. The van der Waals surface area contributed by atoms with Gasteiger partial charge in [-0.05, 0) is 48.0 Å². The topological polar surface area (TPSA) is 81.1 Å². The van der Waals surface area contributed by atoms with Crippen LogP contribution in [0.4, 0.5) is 5.69 Å². The van der Waals surface area contributed by atoms with Crippen molar-refractivity contribution >= 4 is 39.1 Å². The van der Waals surface area contributed by atoms with Gasteiger partial charge in [0.15, 0.2) is 5.03 Å². The van der Waals surface area contributed by atoms with Crippen molar-refractivity contribution in [3.8, 4) is 0 Å². The summed E-state index contributed by atoms with van der Waals surface area (Å²) >= 11 is 5.90. The predicted octanol–water partition coefficient (Wildman–Crippen LogP) is 3.56. The molecule has 0 spiro atoms. The second-order valence-corrected chi connectivity index (χ2v) is 8.08. The van der Waals surface area contributed by atoms with Crippen molar-refractivity contribution in [2.75, 3.05) is 5.32 Å². The normalized spacial score (nSPS) is 11.6. The zero-order chi connectivity index (χ0) is 19.4. The van der Waals surface area contributed by atoms with Crippen LogP contribution in [0.25, 0.3) is 6.08 Å². The van der Waals surface area contributed by atoms with Crippen LogP contribution in [-0.4, -0.2) is 23.9 Å². The van der Waals surface area contributed by atoms with Gasteiger partial charge in [0.2, 0.25) is 15.7 Å². The van der Waals surface area contributed by atoms with E-state index < -0.39 is 9.84 Å². The van der Waals surface area contributed by atoms with E-state index >= 15 is 0 Å². The van der Waals surface area contributed by atoms with Crippen LogP contribution in [0.5, 0.6) is 0 Å². The van der Waals surface area contributed by atoms with Crippen molar-refractivity contribution in [3.05, 3.63) is 77.7 Å². The van der Waals surface area contributed by atoms with Crippen LogP contribution in [0.3, 0.4) is 0 Å². The predicted molar refractivity (Wildman–Crippen MR) is 104 cm³/mol. The fourth-order valence-corrected chi connectivity index (χ4v) is 3.97. The lowest BCUT2D eigenvalue weighted by atomic mass is 10.2. The molecule has 1 amide bonds. The first-order valence-electron chi connectivity index (χ1n) is 7.92. The average Bonchev–Trinajstić information content (AvgIpc) is 3.07. The van der Waals surface area contributed by atoms with Crippen LogP contribution in [0, 0.1) is 0 Å². The molecule has 0 radical (unpaired) electrons. The smallest absolute Gasteiger partial charge is 0.248 e. The van der Waals surface area contributed by atoms with Crippen LogP contribution < -0.4 is 5.32 Å². The Morgan fingerprint density at radius 1 is 1.19 bits per heavy atom. The number of hydrogen-bond acceptors (Lipinski definition) is 4. The molecular formula is C19H16ClN3O3S. The minimum atomic E-state index is -3.66. The highest BCUT2D eigenvalue weighted by molar-refractivity contribution is 7.91. The van der Waals surface area contributed by atoms with Gasteiger partial charge in [-0.25, -0.2) is 13.4 Å². The molecule has 6 nitrogen and oxygen atoms in total. The molecule has 1 heterocycles. The third-order valence-electron chi connectivity index (χ3n) is 3.76. The van der Waals surface area contributed by atoms with E-state index in [1.165, 1.54) is 47.4 Å². The quantitative estimate of drug-likeness (QED) is 0.663. The van der Waals surface area contributed by atoms with Crippen LogP contribution in [0.1, 0.15) is 5.56 Å². The van der Waals surface area contributed by atoms with E-state index in [-0.39, 0.29) is 15.8 Å².